The summed E-state index contributed by atoms with van der Waals surface area (Å²) in [5, 5.41) is 4.81. The van der Waals surface area contributed by atoms with E-state index in [1.54, 1.807) is 12.5 Å². The monoisotopic (exact) mass is 491 g/mol. The summed E-state index contributed by atoms with van der Waals surface area (Å²) in [5.74, 6) is 0.560. The van der Waals surface area contributed by atoms with Gasteiger partial charge in [0.15, 0.2) is 11.5 Å². The number of amides is 1. The van der Waals surface area contributed by atoms with E-state index in [1.165, 1.54) is 35.6 Å². The minimum atomic E-state index is -3.84. The maximum absolute atomic E-state index is 13.3. The number of rotatable bonds is 7. The zero-order chi connectivity index (χ0) is 22.9. The van der Waals surface area contributed by atoms with Crippen molar-refractivity contribution in [1.82, 2.24) is 0 Å². The highest BCUT2D eigenvalue weighted by molar-refractivity contribution is 7.91. The molecule has 4 rings (SSSR count). The van der Waals surface area contributed by atoms with Gasteiger partial charge in [-0.2, -0.15) is 0 Å². The number of nitrogens with one attached hydrogen (secondary N) is 1. The smallest absolute Gasteiger partial charge is 0.225 e. The van der Waals surface area contributed by atoms with E-state index >= 15 is 0 Å². The van der Waals surface area contributed by atoms with Crippen molar-refractivity contribution in [1.29, 1.82) is 0 Å². The Morgan fingerprint density at radius 1 is 1.19 bits per heavy atom. The van der Waals surface area contributed by atoms with Gasteiger partial charge in [-0.25, -0.2) is 8.42 Å². The van der Waals surface area contributed by atoms with Crippen LogP contribution in [0, 0.1) is 0 Å². The van der Waals surface area contributed by atoms with Crippen molar-refractivity contribution in [2.24, 2.45) is 0 Å². The first-order chi connectivity index (χ1) is 15.4. The van der Waals surface area contributed by atoms with Crippen molar-refractivity contribution in [3.8, 4) is 11.5 Å². The van der Waals surface area contributed by atoms with Crippen molar-refractivity contribution in [2.45, 2.75) is 35.5 Å². The van der Waals surface area contributed by atoms with Gasteiger partial charge >= 0.3 is 0 Å². The quantitative estimate of drug-likeness (QED) is 0.471. The molecule has 0 spiro atoms. The molecule has 1 aliphatic rings. The summed E-state index contributed by atoms with van der Waals surface area (Å²) in [6.45, 7) is 2.51. The molecule has 1 N–H and O–H groups in total. The number of halogens is 1. The molecule has 0 aliphatic carbocycles. The Kier molecular flexibility index (Phi) is 6.46. The largest absolute Gasteiger partial charge is 0.493 e. The summed E-state index contributed by atoms with van der Waals surface area (Å²) >= 11 is 7.22. The van der Waals surface area contributed by atoms with E-state index in [2.05, 4.69) is 5.32 Å². The molecule has 0 saturated heterocycles. The van der Waals surface area contributed by atoms with Crippen molar-refractivity contribution < 1.29 is 22.7 Å². The number of para-hydroxylation sites is 1. The maximum atomic E-state index is 13.3. The van der Waals surface area contributed by atoms with Gasteiger partial charge in [0.25, 0.3) is 0 Å². The second kappa shape index (κ2) is 9.13. The molecule has 1 amide bonds. The van der Waals surface area contributed by atoms with Crippen LogP contribution in [0.3, 0.4) is 0 Å². The van der Waals surface area contributed by atoms with Crippen molar-refractivity contribution in [3.63, 3.8) is 0 Å². The van der Waals surface area contributed by atoms with E-state index in [4.69, 9.17) is 21.1 Å². The van der Waals surface area contributed by atoms with Crippen LogP contribution in [0.1, 0.15) is 36.1 Å². The molecule has 9 heteroatoms. The topological polar surface area (TPSA) is 81.7 Å². The molecule has 1 atom stereocenters. The molecule has 3 aromatic rings. The molecule has 1 aromatic heterocycles. The van der Waals surface area contributed by atoms with Gasteiger partial charge in [0, 0.05) is 33.2 Å². The lowest BCUT2D eigenvalue weighted by atomic mass is 9.89. The second-order valence-electron chi connectivity index (χ2n) is 7.33. The van der Waals surface area contributed by atoms with Crippen LogP contribution in [0.4, 0.5) is 5.69 Å². The van der Waals surface area contributed by atoms with E-state index in [9.17, 15) is 13.2 Å². The summed E-state index contributed by atoms with van der Waals surface area (Å²) in [5.41, 5.74) is 1.13. The molecule has 168 valence electrons. The van der Waals surface area contributed by atoms with Crippen molar-refractivity contribution >= 4 is 44.4 Å². The zero-order valence-electron chi connectivity index (χ0n) is 17.6. The first-order valence-electron chi connectivity index (χ1n) is 10.1. The average Bonchev–Trinajstić information content (AvgIpc) is 3.21. The third-order valence-electron chi connectivity index (χ3n) is 5.22. The number of sulfone groups is 1. The maximum Gasteiger partial charge on any atom is 0.225 e. The Morgan fingerprint density at radius 2 is 1.94 bits per heavy atom. The van der Waals surface area contributed by atoms with E-state index in [0.717, 1.165) is 16.9 Å². The fraction of sp³-hybridized carbons (Fsp3) is 0.261. The summed E-state index contributed by atoms with van der Waals surface area (Å²) in [6.07, 6.45) is 1.000. The zero-order valence-corrected chi connectivity index (χ0v) is 19.9. The summed E-state index contributed by atoms with van der Waals surface area (Å²) in [4.78, 5) is 13.6. The Bertz CT molecular complexity index is 1250. The van der Waals surface area contributed by atoms with Gasteiger partial charge in [-0.3, -0.25) is 4.79 Å². The molecule has 0 radical (unpaired) electrons. The lowest BCUT2D eigenvalue weighted by molar-refractivity contribution is -0.116. The second-order valence-corrected chi connectivity index (χ2v) is 10.6. The first-order valence-corrected chi connectivity index (χ1v) is 12.8. The van der Waals surface area contributed by atoms with Gasteiger partial charge in [0.1, 0.15) is 4.90 Å². The van der Waals surface area contributed by atoms with Crippen LogP contribution in [-0.2, 0) is 14.6 Å². The van der Waals surface area contributed by atoms with E-state index in [0.29, 0.717) is 28.8 Å². The number of carbonyl (C=O) groups excluding carboxylic acids is 1. The minimum absolute atomic E-state index is 0.0804. The molecule has 1 aliphatic heterocycles. The molecule has 0 fully saturated rings. The fourth-order valence-electron chi connectivity index (χ4n) is 3.72. The number of methoxy groups -OCH3 is 1. The van der Waals surface area contributed by atoms with Crippen LogP contribution >= 0.6 is 22.9 Å². The summed E-state index contributed by atoms with van der Waals surface area (Å²) in [6, 6.07) is 11.5. The SMILES string of the molecule is CCCOc1c(OC)cccc1[C@H]1CC(=O)Nc2c(S(=O)(=O)c3ccc(Cl)cc3)csc21. The minimum Gasteiger partial charge on any atom is -0.493 e. The molecule has 6 nitrogen and oxygen atoms in total. The Morgan fingerprint density at radius 3 is 2.62 bits per heavy atom. The standard InChI is InChI=1S/C23H22ClNO5S2/c1-3-11-30-22-16(5-4-6-18(22)29-2)17-12-20(26)25-21-19(13-31-23(17)21)32(27,28)15-9-7-14(24)8-10-15/h4-10,13,17H,3,11-12H2,1-2H3,(H,25,26)/t17-/m1/s1. The predicted molar refractivity (Wildman–Crippen MR) is 125 cm³/mol. The first kappa shape index (κ1) is 22.6. The number of ether oxygens (including phenoxy) is 2. The third-order valence-corrected chi connectivity index (χ3v) is 8.52. The molecule has 0 unspecified atom stereocenters. The molecule has 0 saturated carbocycles. The van der Waals surface area contributed by atoms with Crippen molar-refractivity contribution in [3.05, 3.63) is 63.3 Å². The third kappa shape index (κ3) is 4.10. The lowest BCUT2D eigenvalue weighted by Crippen LogP contribution is -2.24. The van der Waals surface area contributed by atoms with Gasteiger partial charge in [-0.1, -0.05) is 30.7 Å². The number of fused-ring (bicyclic) bond motifs is 1. The van der Waals surface area contributed by atoms with Crippen LogP contribution in [0.25, 0.3) is 0 Å². The molecule has 0 bridgehead atoms. The predicted octanol–water partition coefficient (Wildman–Crippen LogP) is 5.51. The van der Waals surface area contributed by atoms with Crippen LogP contribution in [-0.4, -0.2) is 28.0 Å². The highest BCUT2D eigenvalue weighted by atomic mass is 35.5. The molecule has 2 aromatic carbocycles. The number of anilines is 1. The van der Waals surface area contributed by atoms with E-state index < -0.39 is 9.84 Å². The van der Waals surface area contributed by atoms with Crippen LogP contribution in [0.2, 0.25) is 5.02 Å². The molecular formula is C23H22ClNO5S2. The van der Waals surface area contributed by atoms with Gasteiger partial charge in [-0.15, -0.1) is 11.3 Å². The van der Waals surface area contributed by atoms with Gasteiger partial charge < -0.3 is 14.8 Å². The van der Waals surface area contributed by atoms with Crippen LogP contribution < -0.4 is 14.8 Å². The average molecular weight is 492 g/mol. The highest BCUT2D eigenvalue weighted by Gasteiger charge is 2.36. The Labute approximate surface area is 196 Å². The molecule has 2 heterocycles. The number of benzene rings is 2. The van der Waals surface area contributed by atoms with Gasteiger partial charge in [-0.05, 0) is 36.8 Å². The molecular weight excluding hydrogens is 470 g/mol. The van der Waals surface area contributed by atoms with Gasteiger partial charge in [0.2, 0.25) is 15.7 Å². The molecule has 32 heavy (non-hydrogen) atoms. The normalized spacial score (nSPS) is 15.7. The van der Waals surface area contributed by atoms with E-state index in [1.807, 2.05) is 25.1 Å². The summed E-state index contributed by atoms with van der Waals surface area (Å²) in [7, 11) is -2.27. The van der Waals surface area contributed by atoms with Crippen LogP contribution in [0.5, 0.6) is 11.5 Å². The lowest BCUT2D eigenvalue weighted by Gasteiger charge is -2.26. The van der Waals surface area contributed by atoms with E-state index in [-0.39, 0.29) is 28.0 Å². The van der Waals surface area contributed by atoms with Gasteiger partial charge in [0.05, 0.1) is 24.3 Å². The number of thiophene rings is 1. The fourth-order valence-corrected chi connectivity index (χ4v) is 6.75. The summed E-state index contributed by atoms with van der Waals surface area (Å²) < 4.78 is 38.1. The Balaban J connectivity index is 1.83. The Hall–Kier alpha value is -2.55. The number of hydrogen-bond donors (Lipinski definition) is 1. The highest BCUT2D eigenvalue weighted by Crippen LogP contribution is 2.49. The van der Waals surface area contributed by atoms with Crippen molar-refractivity contribution in [2.75, 3.05) is 19.0 Å². The number of hydrogen-bond acceptors (Lipinski definition) is 6. The van der Waals surface area contributed by atoms with Crippen LogP contribution in [0.15, 0.2) is 57.6 Å². The number of carbonyl (C=O) groups is 1.